The molecule has 3 nitrogen and oxygen atoms in total. The molecule has 66 valence electrons. The maximum Gasteiger partial charge on any atom is 0.226 e. The minimum absolute atomic E-state index is 0.186. The number of rotatable bonds is 2. The first-order chi connectivity index (χ1) is 5.74. The van der Waals surface area contributed by atoms with Crippen molar-refractivity contribution in [3.05, 3.63) is 12.7 Å². The van der Waals surface area contributed by atoms with Crippen molar-refractivity contribution in [3.8, 4) is 0 Å². The van der Waals surface area contributed by atoms with Crippen LogP contribution < -0.4 is 5.73 Å². The smallest absolute Gasteiger partial charge is 0.226 e. The molecule has 12 heavy (non-hydrogen) atoms. The van der Waals surface area contributed by atoms with Gasteiger partial charge in [0, 0.05) is 25.0 Å². The standard InChI is InChI=1S/C9H14N2O/c1-2-3-8(12)11-5-6-4-7(11)9(6)10/h2,6-7,9H,1,3-5,10H2. The van der Waals surface area contributed by atoms with Crippen molar-refractivity contribution < 1.29 is 4.79 Å². The van der Waals surface area contributed by atoms with Crippen LogP contribution in [0.5, 0.6) is 0 Å². The zero-order valence-electron chi connectivity index (χ0n) is 7.07. The maximum absolute atomic E-state index is 11.4. The molecule has 0 radical (unpaired) electrons. The minimum atomic E-state index is 0.186. The van der Waals surface area contributed by atoms with Crippen molar-refractivity contribution in [3.63, 3.8) is 0 Å². The van der Waals surface area contributed by atoms with Crippen molar-refractivity contribution in [2.75, 3.05) is 6.54 Å². The summed E-state index contributed by atoms with van der Waals surface area (Å²) in [5.74, 6) is 0.759. The van der Waals surface area contributed by atoms with Gasteiger partial charge < -0.3 is 10.6 Å². The Morgan fingerprint density at radius 3 is 2.92 bits per heavy atom. The van der Waals surface area contributed by atoms with Gasteiger partial charge in [-0.25, -0.2) is 0 Å². The van der Waals surface area contributed by atoms with Crippen LogP contribution in [0.1, 0.15) is 12.8 Å². The summed E-state index contributed by atoms with van der Waals surface area (Å²) >= 11 is 0. The molecule has 0 aromatic rings. The minimum Gasteiger partial charge on any atom is -0.338 e. The Morgan fingerprint density at radius 1 is 1.75 bits per heavy atom. The van der Waals surface area contributed by atoms with Crippen molar-refractivity contribution in [2.45, 2.75) is 24.9 Å². The maximum atomic E-state index is 11.4. The summed E-state index contributed by atoms with van der Waals surface area (Å²) in [7, 11) is 0. The second kappa shape index (κ2) is 2.59. The number of nitrogens with zero attached hydrogens (tertiary/aromatic N) is 1. The average Bonchev–Trinajstić information content (AvgIpc) is 2.60. The van der Waals surface area contributed by atoms with Gasteiger partial charge in [0.2, 0.25) is 5.91 Å². The lowest BCUT2D eigenvalue weighted by molar-refractivity contribution is -0.130. The highest BCUT2D eigenvalue weighted by atomic mass is 16.2. The monoisotopic (exact) mass is 166 g/mol. The van der Waals surface area contributed by atoms with Gasteiger partial charge in [-0.2, -0.15) is 0 Å². The molecule has 0 aromatic heterocycles. The molecule has 3 rings (SSSR count). The number of fused-ring (bicyclic) bond motifs is 1. The third kappa shape index (κ3) is 0.894. The van der Waals surface area contributed by atoms with Gasteiger partial charge in [0.05, 0.1) is 0 Å². The zero-order chi connectivity index (χ0) is 8.72. The van der Waals surface area contributed by atoms with Crippen LogP contribution in [-0.4, -0.2) is 29.4 Å². The summed E-state index contributed by atoms with van der Waals surface area (Å²) in [6.07, 6.45) is 3.23. The Kier molecular flexibility index (Phi) is 1.68. The van der Waals surface area contributed by atoms with Crippen LogP contribution in [0.4, 0.5) is 0 Å². The Balaban J connectivity index is 1.99. The van der Waals surface area contributed by atoms with E-state index in [1.54, 1.807) is 6.08 Å². The van der Waals surface area contributed by atoms with Gasteiger partial charge in [0.15, 0.2) is 0 Å². The number of hydrogen-bond acceptors (Lipinski definition) is 2. The molecular weight excluding hydrogens is 152 g/mol. The van der Waals surface area contributed by atoms with E-state index in [2.05, 4.69) is 6.58 Å². The molecule has 3 fully saturated rings. The largest absolute Gasteiger partial charge is 0.338 e. The van der Waals surface area contributed by atoms with E-state index in [4.69, 9.17) is 5.73 Å². The third-order valence-corrected chi connectivity index (χ3v) is 3.00. The molecule has 2 saturated heterocycles. The molecule has 3 aliphatic rings. The summed E-state index contributed by atoms with van der Waals surface area (Å²) in [6, 6.07) is 0.584. The molecule has 0 spiro atoms. The first-order valence-electron chi connectivity index (χ1n) is 4.40. The van der Waals surface area contributed by atoms with Crippen LogP contribution in [0.2, 0.25) is 0 Å². The van der Waals surface area contributed by atoms with Crippen LogP contribution in [0.25, 0.3) is 0 Å². The van der Waals surface area contributed by atoms with Gasteiger partial charge in [-0.1, -0.05) is 6.08 Å². The third-order valence-electron chi connectivity index (χ3n) is 3.00. The van der Waals surface area contributed by atoms with Crippen molar-refractivity contribution in [1.82, 2.24) is 4.90 Å². The van der Waals surface area contributed by atoms with Crippen molar-refractivity contribution in [1.29, 1.82) is 0 Å². The second-order valence-corrected chi connectivity index (χ2v) is 3.68. The number of amides is 1. The van der Waals surface area contributed by atoms with Gasteiger partial charge in [0.1, 0.15) is 0 Å². The first kappa shape index (κ1) is 7.80. The topological polar surface area (TPSA) is 46.3 Å². The fraction of sp³-hybridized carbons (Fsp3) is 0.667. The molecule has 3 unspecified atom stereocenters. The molecule has 3 atom stereocenters. The van der Waals surface area contributed by atoms with E-state index in [0.29, 0.717) is 18.4 Å². The molecule has 0 aromatic carbocycles. The Labute approximate surface area is 72.2 Å². The van der Waals surface area contributed by atoms with Gasteiger partial charge in [-0.3, -0.25) is 4.79 Å². The molecule has 2 aliphatic heterocycles. The fourth-order valence-electron chi connectivity index (χ4n) is 2.19. The number of carbonyl (C=O) groups is 1. The van der Waals surface area contributed by atoms with Gasteiger partial charge in [-0.05, 0) is 12.3 Å². The van der Waals surface area contributed by atoms with E-state index in [-0.39, 0.29) is 11.9 Å². The van der Waals surface area contributed by atoms with Crippen LogP contribution in [0.3, 0.4) is 0 Å². The molecule has 2 heterocycles. The average molecular weight is 166 g/mol. The van der Waals surface area contributed by atoms with Crippen LogP contribution in [0, 0.1) is 5.92 Å². The predicted molar refractivity (Wildman–Crippen MR) is 46.4 cm³/mol. The van der Waals surface area contributed by atoms with Crippen LogP contribution in [0.15, 0.2) is 12.7 Å². The number of carbonyl (C=O) groups excluding carboxylic acids is 1. The summed E-state index contributed by atoms with van der Waals surface area (Å²) in [6.45, 7) is 4.42. The zero-order valence-corrected chi connectivity index (χ0v) is 7.07. The number of hydrogen-bond donors (Lipinski definition) is 1. The van der Waals surface area contributed by atoms with Crippen molar-refractivity contribution in [2.24, 2.45) is 11.7 Å². The highest BCUT2D eigenvalue weighted by Gasteiger charge is 2.51. The van der Waals surface area contributed by atoms with E-state index in [1.165, 1.54) is 0 Å². The second-order valence-electron chi connectivity index (χ2n) is 3.68. The predicted octanol–water partition coefficient (Wildman–Crippen LogP) is 0.120. The van der Waals surface area contributed by atoms with E-state index in [9.17, 15) is 4.79 Å². The van der Waals surface area contributed by atoms with Crippen molar-refractivity contribution >= 4 is 5.91 Å². The SMILES string of the molecule is C=CCC(=O)N1CC2CC1C2N. The van der Waals surface area contributed by atoms with Gasteiger partial charge in [0.25, 0.3) is 0 Å². The summed E-state index contributed by atoms with van der Waals surface area (Å²) in [5, 5.41) is 0. The molecule has 1 saturated carbocycles. The van der Waals surface area contributed by atoms with E-state index in [1.807, 2.05) is 4.90 Å². The quantitative estimate of drug-likeness (QED) is 0.592. The highest BCUT2D eigenvalue weighted by molar-refractivity contribution is 5.79. The number of nitrogens with two attached hydrogens (primary N) is 1. The summed E-state index contributed by atoms with van der Waals surface area (Å²) < 4.78 is 0. The van der Waals surface area contributed by atoms with E-state index < -0.39 is 0 Å². The highest BCUT2D eigenvalue weighted by Crippen LogP contribution is 2.39. The molecule has 1 aliphatic carbocycles. The van der Waals surface area contributed by atoms with Gasteiger partial charge in [-0.15, -0.1) is 6.58 Å². The Hall–Kier alpha value is -0.830. The lowest BCUT2D eigenvalue weighted by atomic mass is 9.81. The molecule has 3 heteroatoms. The summed E-state index contributed by atoms with van der Waals surface area (Å²) in [4.78, 5) is 13.3. The summed E-state index contributed by atoms with van der Waals surface area (Å²) in [5.41, 5.74) is 5.83. The first-order valence-corrected chi connectivity index (χ1v) is 4.40. The Morgan fingerprint density at radius 2 is 2.50 bits per heavy atom. The molecule has 2 N–H and O–H groups in total. The van der Waals surface area contributed by atoms with Gasteiger partial charge >= 0.3 is 0 Å². The van der Waals surface area contributed by atoms with E-state index >= 15 is 0 Å². The fourth-order valence-corrected chi connectivity index (χ4v) is 2.19. The normalized spacial score (nSPS) is 37.8. The van der Waals surface area contributed by atoms with Crippen LogP contribution in [-0.2, 0) is 4.79 Å². The molecular formula is C9H14N2O. The lowest BCUT2D eigenvalue weighted by Gasteiger charge is -2.33. The molecule has 1 amide bonds. The molecule has 2 bridgehead atoms. The van der Waals surface area contributed by atoms with Crippen LogP contribution >= 0.6 is 0 Å². The van der Waals surface area contributed by atoms with E-state index in [0.717, 1.165) is 13.0 Å². The Bertz CT molecular complexity index is 227. The lowest BCUT2D eigenvalue weighted by Crippen LogP contribution is -2.50.